The average Bonchev–Trinajstić information content (AvgIpc) is 2.80. The summed E-state index contributed by atoms with van der Waals surface area (Å²) in [6.07, 6.45) is 4.04. The number of carboxylic acid groups (broad SMARTS) is 1. The average molecular weight is 317 g/mol. The Morgan fingerprint density at radius 3 is 2.59 bits per heavy atom. The van der Waals surface area contributed by atoms with Crippen LogP contribution in [0, 0.1) is 0 Å². The first kappa shape index (κ1) is 12.8. The van der Waals surface area contributed by atoms with Crippen molar-refractivity contribution in [2.24, 2.45) is 0 Å². The fraction of sp³-hybridized carbons (Fsp3) is 0.417. The maximum atomic E-state index is 12.4. The van der Waals surface area contributed by atoms with Gasteiger partial charge in [0.2, 0.25) is 0 Å². The minimum atomic E-state index is -1.21. The molecular formula is C12H13BrO3S. The zero-order valence-corrected chi connectivity index (χ0v) is 11.6. The standard InChI is InChI=1S/C12H13BrO3S/c13-8-5-6-10(12(14)15)11(7-8)17(16)9-3-1-2-4-9/h5-7,9H,1-4H2,(H,14,15). The van der Waals surface area contributed by atoms with Gasteiger partial charge < -0.3 is 5.11 Å². The fourth-order valence-electron chi connectivity index (χ4n) is 2.12. The maximum absolute atomic E-state index is 12.4. The van der Waals surface area contributed by atoms with Crippen LogP contribution in [0.5, 0.6) is 0 Å². The van der Waals surface area contributed by atoms with Crippen LogP contribution in [0.4, 0.5) is 0 Å². The van der Waals surface area contributed by atoms with Crippen LogP contribution >= 0.6 is 15.9 Å². The highest BCUT2D eigenvalue weighted by molar-refractivity contribution is 9.10. The number of carbonyl (C=O) groups is 1. The van der Waals surface area contributed by atoms with Crippen molar-refractivity contribution in [1.82, 2.24) is 0 Å². The first-order valence-electron chi connectivity index (χ1n) is 5.53. The molecule has 1 saturated carbocycles. The number of rotatable bonds is 3. The summed E-state index contributed by atoms with van der Waals surface area (Å²) in [6, 6.07) is 4.84. The largest absolute Gasteiger partial charge is 0.478 e. The third-order valence-electron chi connectivity index (χ3n) is 3.00. The summed E-state index contributed by atoms with van der Waals surface area (Å²) in [4.78, 5) is 11.5. The van der Waals surface area contributed by atoms with E-state index in [0.29, 0.717) is 4.90 Å². The second-order valence-electron chi connectivity index (χ2n) is 4.15. The molecule has 1 fully saturated rings. The number of benzene rings is 1. The number of hydrogen-bond acceptors (Lipinski definition) is 2. The SMILES string of the molecule is O=C(O)c1ccc(Br)cc1S(=O)C1CCCC1. The molecule has 0 spiro atoms. The first-order chi connectivity index (χ1) is 8.09. The van der Waals surface area contributed by atoms with Gasteiger partial charge in [-0.25, -0.2) is 4.79 Å². The van der Waals surface area contributed by atoms with Gasteiger partial charge in [-0.05, 0) is 31.0 Å². The summed E-state index contributed by atoms with van der Waals surface area (Å²) in [5.74, 6) is -1.01. The van der Waals surface area contributed by atoms with Crippen molar-refractivity contribution in [3.63, 3.8) is 0 Å². The van der Waals surface area contributed by atoms with Gasteiger partial charge >= 0.3 is 5.97 Å². The topological polar surface area (TPSA) is 54.4 Å². The van der Waals surface area contributed by atoms with Gasteiger partial charge in [0.05, 0.1) is 21.3 Å². The summed E-state index contributed by atoms with van der Waals surface area (Å²) in [7, 11) is -1.21. The number of hydrogen-bond donors (Lipinski definition) is 1. The molecule has 1 unspecified atom stereocenters. The highest BCUT2D eigenvalue weighted by Gasteiger charge is 2.26. The first-order valence-corrected chi connectivity index (χ1v) is 7.53. The lowest BCUT2D eigenvalue weighted by atomic mass is 10.2. The van der Waals surface area contributed by atoms with Gasteiger partial charge in [0.15, 0.2) is 0 Å². The lowest BCUT2D eigenvalue weighted by Crippen LogP contribution is -2.14. The summed E-state index contributed by atoms with van der Waals surface area (Å²) < 4.78 is 13.1. The predicted octanol–water partition coefficient (Wildman–Crippen LogP) is 3.20. The summed E-state index contributed by atoms with van der Waals surface area (Å²) in [6.45, 7) is 0. The molecule has 17 heavy (non-hydrogen) atoms. The number of aromatic carboxylic acids is 1. The van der Waals surface area contributed by atoms with E-state index < -0.39 is 16.8 Å². The lowest BCUT2D eigenvalue weighted by Gasteiger charge is -2.11. The molecule has 1 N–H and O–H groups in total. The van der Waals surface area contributed by atoms with Crippen molar-refractivity contribution >= 4 is 32.7 Å². The summed E-state index contributed by atoms with van der Waals surface area (Å²) in [5, 5.41) is 9.21. The van der Waals surface area contributed by atoms with E-state index in [2.05, 4.69) is 15.9 Å². The molecule has 0 amide bonds. The molecule has 1 aliphatic rings. The molecule has 0 bridgehead atoms. The molecule has 0 aliphatic heterocycles. The quantitative estimate of drug-likeness (QED) is 0.931. The maximum Gasteiger partial charge on any atom is 0.336 e. The van der Waals surface area contributed by atoms with E-state index in [4.69, 9.17) is 5.11 Å². The third kappa shape index (κ3) is 2.77. The second-order valence-corrected chi connectivity index (χ2v) is 6.77. The van der Waals surface area contributed by atoms with Crippen LogP contribution in [0.2, 0.25) is 0 Å². The Kier molecular flexibility index (Phi) is 3.99. The van der Waals surface area contributed by atoms with Crippen LogP contribution < -0.4 is 0 Å². The van der Waals surface area contributed by atoms with Crippen molar-refractivity contribution in [3.8, 4) is 0 Å². The van der Waals surface area contributed by atoms with Crippen molar-refractivity contribution in [1.29, 1.82) is 0 Å². The van der Waals surface area contributed by atoms with Gasteiger partial charge in [0, 0.05) is 9.72 Å². The number of carboxylic acids is 1. The Labute approximate surface area is 111 Å². The normalized spacial score (nSPS) is 18.2. The second kappa shape index (κ2) is 5.31. The minimum absolute atomic E-state index is 0.113. The Bertz CT molecular complexity index is 467. The van der Waals surface area contributed by atoms with E-state index in [-0.39, 0.29) is 10.8 Å². The monoisotopic (exact) mass is 316 g/mol. The van der Waals surface area contributed by atoms with Crippen LogP contribution in [-0.4, -0.2) is 20.5 Å². The van der Waals surface area contributed by atoms with Gasteiger partial charge in [0.1, 0.15) is 0 Å². The van der Waals surface area contributed by atoms with E-state index in [9.17, 15) is 9.00 Å². The molecule has 1 atom stereocenters. The smallest absolute Gasteiger partial charge is 0.336 e. The molecule has 3 nitrogen and oxygen atoms in total. The van der Waals surface area contributed by atoms with Gasteiger partial charge in [-0.1, -0.05) is 28.8 Å². The molecule has 92 valence electrons. The van der Waals surface area contributed by atoms with E-state index in [1.807, 2.05) is 0 Å². The van der Waals surface area contributed by atoms with E-state index >= 15 is 0 Å². The summed E-state index contributed by atoms with van der Waals surface area (Å²) >= 11 is 3.29. The van der Waals surface area contributed by atoms with E-state index in [1.54, 1.807) is 12.1 Å². The minimum Gasteiger partial charge on any atom is -0.478 e. The molecule has 1 aromatic rings. The van der Waals surface area contributed by atoms with Gasteiger partial charge in [-0.3, -0.25) is 4.21 Å². The molecule has 1 aromatic carbocycles. The molecule has 1 aliphatic carbocycles. The van der Waals surface area contributed by atoms with Crippen molar-refractivity contribution in [3.05, 3.63) is 28.2 Å². The third-order valence-corrected chi connectivity index (χ3v) is 5.34. The Morgan fingerprint density at radius 2 is 2.00 bits per heavy atom. The molecule has 0 saturated heterocycles. The number of halogens is 1. The van der Waals surface area contributed by atoms with Crippen molar-refractivity contribution in [2.75, 3.05) is 0 Å². The molecule has 2 rings (SSSR count). The zero-order valence-electron chi connectivity index (χ0n) is 9.19. The van der Waals surface area contributed by atoms with E-state index in [0.717, 1.165) is 30.2 Å². The van der Waals surface area contributed by atoms with Crippen LogP contribution in [0.3, 0.4) is 0 Å². The van der Waals surface area contributed by atoms with Crippen molar-refractivity contribution < 1.29 is 14.1 Å². The highest BCUT2D eigenvalue weighted by atomic mass is 79.9. The van der Waals surface area contributed by atoms with Gasteiger partial charge in [0.25, 0.3) is 0 Å². The van der Waals surface area contributed by atoms with Crippen LogP contribution in [0.15, 0.2) is 27.6 Å². The predicted molar refractivity (Wildman–Crippen MR) is 69.8 cm³/mol. The molecule has 0 radical (unpaired) electrons. The van der Waals surface area contributed by atoms with Crippen LogP contribution in [0.1, 0.15) is 36.0 Å². The Morgan fingerprint density at radius 1 is 1.35 bits per heavy atom. The van der Waals surface area contributed by atoms with Crippen molar-refractivity contribution in [2.45, 2.75) is 35.8 Å². The molecule has 0 aromatic heterocycles. The lowest BCUT2D eigenvalue weighted by molar-refractivity contribution is 0.0693. The zero-order chi connectivity index (χ0) is 12.4. The Balaban J connectivity index is 2.38. The highest BCUT2D eigenvalue weighted by Crippen LogP contribution is 2.29. The Hall–Kier alpha value is -0.680. The molecule has 0 heterocycles. The fourth-order valence-corrected chi connectivity index (χ4v) is 4.37. The van der Waals surface area contributed by atoms with Gasteiger partial charge in [-0.2, -0.15) is 0 Å². The van der Waals surface area contributed by atoms with Gasteiger partial charge in [-0.15, -0.1) is 0 Å². The van der Waals surface area contributed by atoms with Crippen LogP contribution in [-0.2, 0) is 10.8 Å². The summed E-state index contributed by atoms with van der Waals surface area (Å²) in [5.41, 5.74) is 0.151. The molecule has 5 heteroatoms. The molecular weight excluding hydrogens is 304 g/mol. The van der Waals surface area contributed by atoms with E-state index in [1.165, 1.54) is 6.07 Å². The van der Waals surface area contributed by atoms with Crippen LogP contribution in [0.25, 0.3) is 0 Å².